The summed E-state index contributed by atoms with van der Waals surface area (Å²) < 4.78 is 0. The van der Waals surface area contributed by atoms with Crippen LogP contribution in [0.25, 0.3) is 0 Å². The second kappa shape index (κ2) is 2.56. The first-order valence-electron chi connectivity index (χ1n) is 4.89. The third-order valence-electron chi connectivity index (χ3n) is 2.99. The zero-order chi connectivity index (χ0) is 7.97. The number of thiazole rings is 1. The van der Waals surface area contributed by atoms with Gasteiger partial charge in [0.2, 0.25) is 0 Å². The fourth-order valence-electron chi connectivity index (χ4n) is 1.71. The van der Waals surface area contributed by atoms with Crippen LogP contribution in [0.5, 0.6) is 0 Å². The van der Waals surface area contributed by atoms with Gasteiger partial charge in [-0.15, -0.1) is 11.3 Å². The summed E-state index contributed by atoms with van der Waals surface area (Å²) in [6.07, 6.45) is 6.96. The topological polar surface area (TPSA) is 12.9 Å². The van der Waals surface area contributed by atoms with E-state index in [2.05, 4.69) is 5.38 Å². The molecule has 0 N–H and O–H groups in total. The van der Waals surface area contributed by atoms with Crippen molar-refractivity contribution >= 4 is 11.3 Å². The summed E-state index contributed by atoms with van der Waals surface area (Å²) in [5.74, 6) is 1.68. The van der Waals surface area contributed by atoms with Crippen molar-refractivity contribution in [3.05, 3.63) is 16.1 Å². The van der Waals surface area contributed by atoms with Crippen molar-refractivity contribution < 1.29 is 0 Å². The molecular formula is C10H13NS. The maximum atomic E-state index is 4.71. The first-order chi connectivity index (χ1) is 5.93. The van der Waals surface area contributed by atoms with Gasteiger partial charge in [-0.2, -0.15) is 0 Å². The zero-order valence-electron chi connectivity index (χ0n) is 7.12. The van der Waals surface area contributed by atoms with E-state index in [0.29, 0.717) is 0 Å². The molecule has 2 aliphatic rings. The molecule has 2 saturated carbocycles. The second-order valence-corrected chi connectivity index (χ2v) is 4.90. The smallest absolute Gasteiger partial charge is 0.0959 e. The summed E-state index contributed by atoms with van der Waals surface area (Å²) in [6, 6.07) is 0. The number of hydrogen-bond acceptors (Lipinski definition) is 2. The average molecular weight is 179 g/mol. The maximum Gasteiger partial charge on any atom is 0.0959 e. The van der Waals surface area contributed by atoms with Gasteiger partial charge in [-0.1, -0.05) is 6.42 Å². The fraction of sp³-hybridized carbons (Fsp3) is 0.700. The van der Waals surface area contributed by atoms with Crippen LogP contribution < -0.4 is 0 Å². The minimum atomic E-state index is 0.836. The van der Waals surface area contributed by atoms with Crippen LogP contribution in [0, 0.1) is 0 Å². The minimum Gasteiger partial charge on any atom is -0.246 e. The minimum absolute atomic E-state index is 0.836. The summed E-state index contributed by atoms with van der Waals surface area (Å²) in [4.78, 5) is 4.71. The Morgan fingerprint density at radius 3 is 2.58 bits per heavy atom. The molecule has 0 saturated heterocycles. The zero-order valence-corrected chi connectivity index (χ0v) is 7.94. The molecule has 1 aromatic heterocycles. The van der Waals surface area contributed by atoms with Crippen molar-refractivity contribution in [2.45, 2.75) is 43.9 Å². The highest BCUT2D eigenvalue weighted by atomic mass is 32.1. The van der Waals surface area contributed by atoms with Gasteiger partial charge in [-0.05, 0) is 25.7 Å². The number of aromatic nitrogens is 1. The van der Waals surface area contributed by atoms with Crippen LogP contribution in [0.4, 0.5) is 0 Å². The molecule has 1 aromatic rings. The first-order valence-corrected chi connectivity index (χ1v) is 5.77. The highest BCUT2D eigenvalue weighted by Gasteiger charge is 2.28. The Bertz CT molecular complexity index is 284. The maximum absolute atomic E-state index is 4.71. The van der Waals surface area contributed by atoms with E-state index in [1.54, 1.807) is 0 Å². The molecule has 0 bridgehead atoms. The molecule has 3 rings (SSSR count). The predicted molar refractivity (Wildman–Crippen MR) is 50.7 cm³/mol. The number of rotatable bonds is 2. The van der Waals surface area contributed by atoms with Gasteiger partial charge in [0, 0.05) is 17.2 Å². The molecule has 0 radical (unpaired) electrons. The van der Waals surface area contributed by atoms with Crippen molar-refractivity contribution in [3.63, 3.8) is 0 Å². The Morgan fingerprint density at radius 2 is 2.00 bits per heavy atom. The lowest BCUT2D eigenvalue weighted by Gasteiger charge is -2.22. The molecule has 1 nitrogen and oxygen atoms in total. The van der Waals surface area contributed by atoms with Gasteiger partial charge in [-0.25, -0.2) is 4.98 Å². The van der Waals surface area contributed by atoms with Crippen LogP contribution in [-0.2, 0) is 0 Å². The van der Waals surface area contributed by atoms with E-state index in [9.17, 15) is 0 Å². The second-order valence-electron chi connectivity index (χ2n) is 4.01. The average Bonchev–Trinajstić information content (AvgIpc) is 2.70. The molecule has 0 spiro atoms. The Balaban J connectivity index is 1.81. The highest BCUT2D eigenvalue weighted by molar-refractivity contribution is 7.09. The van der Waals surface area contributed by atoms with Crippen molar-refractivity contribution in [2.75, 3.05) is 0 Å². The molecule has 0 amide bonds. The summed E-state index contributed by atoms with van der Waals surface area (Å²) in [6.45, 7) is 0. The highest BCUT2D eigenvalue weighted by Crippen LogP contribution is 2.43. The number of hydrogen-bond donors (Lipinski definition) is 0. The molecule has 0 unspecified atom stereocenters. The molecule has 0 aromatic carbocycles. The van der Waals surface area contributed by atoms with E-state index in [4.69, 9.17) is 4.98 Å². The standard InChI is InChI=1S/C10H13NS/c1-2-8(3-1)10-11-9(6-12-10)7-4-5-7/h6-8H,1-5H2. The summed E-state index contributed by atoms with van der Waals surface area (Å²) >= 11 is 1.89. The van der Waals surface area contributed by atoms with Crippen molar-refractivity contribution in [1.29, 1.82) is 0 Å². The van der Waals surface area contributed by atoms with Gasteiger partial charge >= 0.3 is 0 Å². The Hall–Kier alpha value is -0.370. The Morgan fingerprint density at radius 1 is 1.17 bits per heavy atom. The monoisotopic (exact) mass is 179 g/mol. The van der Waals surface area contributed by atoms with E-state index >= 15 is 0 Å². The van der Waals surface area contributed by atoms with Crippen LogP contribution in [0.15, 0.2) is 5.38 Å². The summed E-state index contributed by atoms with van der Waals surface area (Å²) in [5.41, 5.74) is 1.39. The van der Waals surface area contributed by atoms with Crippen LogP contribution in [0.1, 0.15) is 54.6 Å². The molecule has 1 heterocycles. The van der Waals surface area contributed by atoms with Crippen LogP contribution in [0.3, 0.4) is 0 Å². The van der Waals surface area contributed by atoms with Gasteiger partial charge in [0.15, 0.2) is 0 Å². The van der Waals surface area contributed by atoms with Crippen LogP contribution in [-0.4, -0.2) is 4.98 Å². The molecule has 64 valence electrons. The largest absolute Gasteiger partial charge is 0.246 e. The molecule has 2 heteroatoms. The van der Waals surface area contributed by atoms with Gasteiger partial charge in [0.05, 0.1) is 10.7 Å². The quantitative estimate of drug-likeness (QED) is 0.679. The van der Waals surface area contributed by atoms with E-state index < -0.39 is 0 Å². The molecular weight excluding hydrogens is 166 g/mol. The Kier molecular flexibility index (Phi) is 1.51. The summed E-state index contributed by atoms with van der Waals surface area (Å²) in [5, 5.41) is 3.70. The molecule has 2 aliphatic carbocycles. The van der Waals surface area contributed by atoms with Gasteiger partial charge in [0.25, 0.3) is 0 Å². The van der Waals surface area contributed by atoms with E-state index in [0.717, 1.165) is 11.8 Å². The SMILES string of the molecule is c1sc(C2CCC2)nc1C1CC1. The van der Waals surface area contributed by atoms with E-state index in [-0.39, 0.29) is 0 Å². The fourth-order valence-corrected chi connectivity index (χ4v) is 2.78. The van der Waals surface area contributed by atoms with Gasteiger partial charge in [0.1, 0.15) is 0 Å². The molecule has 0 atom stereocenters. The lowest BCUT2D eigenvalue weighted by molar-refractivity contribution is 0.417. The number of nitrogens with zero attached hydrogens (tertiary/aromatic N) is 1. The predicted octanol–water partition coefficient (Wildman–Crippen LogP) is 3.29. The third kappa shape index (κ3) is 1.09. The van der Waals surface area contributed by atoms with Crippen molar-refractivity contribution in [3.8, 4) is 0 Å². The van der Waals surface area contributed by atoms with Crippen LogP contribution in [0.2, 0.25) is 0 Å². The van der Waals surface area contributed by atoms with Gasteiger partial charge in [-0.3, -0.25) is 0 Å². The van der Waals surface area contributed by atoms with Crippen molar-refractivity contribution in [1.82, 2.24) is 4.98 Å². The van der Waals surface area contributed by atoms with Crippen molar-refractivity contribution in [2.24, 2.45) is 0 Å². The normalized spacial score (nSPS) is 24.0. The van der Waals surface area contributed by atoms with E-state index in [1.165, 1.54) is 42.8 Å². The van der Waals surface area contributed by atoms with E-state index in [1.807, 2.05) is 11.3 Å². The first kappa shape index (κ1) is 7.07. The lowest BCUT2D eigenvalue weighted by atomic mass is 9.86. The molecule has 0 aliphatic heterocycles. The van der Waals surface area contributed by atoms with Gasteiger partial charge < -0.3 is 0 Å². The van der Waals surface area contributed by atoms with Crippen LogP contribution >= 0.6 is 11.3 Å². The summed E-state index contributed by atoms with van der Waals surface area (Å²) in [7, 11) is 0. The lowest BCUT2D eigenvalue weighted by Crippen LogP contribution is -2.08. The molecule has 2 fully saturated rings. The third-order valence-corrected chi connectivity index (χ3v) is 4.02. The Labute approximate surface area is 76.8 Å². The molecule has 12 heavy (non-hydrogen) atoms.